The highest BCUT2D eigenvalue weighted by molar-refractivity contribution is 7.83. The number of allylic oxidation sites excluding steroid dienone is 1. The minimum atomic E-state index is 0.914. The van der Waals surface area contributed by atoms with Gasteiger partial charge in [-0.05, 0) is 17.6 Å². The third kappa shape index (κ3) is 4.44. The number of hydrogen-bond donors (Lipinski definition) is 2. The van der Waals surface area contributed by atoms with Crippen LogP contribution in [0.2, 0.25) is 0 Å². The van der Waals surface area contributed by atoms with Crippen LogP contribution in [0.1, 0.15) is 6.42 Å². The highest BCUT2D eigenvalue weighted by atomic mass is 32.1. The topological polar surface area (TPSA) is 0 Å². The summed E-state index contributed by atoms with van der Waals surface area (Å²) < 4.78 is 0. The smallest absolute Gasteiger partial charge is 0.00630 e. The largest absolute Gasteiger partial charge is 0.179 e. The van der Waals surface area contributed by atoms with E-state index < -0.39 is 0 Å². The zero-order valence-corrected chi connectivity index (χ0v) is 5.25. The van der Waals surface area contributed by atoms with E-state index in [-0.39, 0.29) is 0 Å². The maximum Gasteiger partial charge on any atom is -0.00630 e. The van der Waals surface area contributed by atoms with Crippen molar-refractivity contribution in [2.24, 2.45) is 0 Å². The second-order valence-corrected chi connectivity index (χ2v) is 1.64. The maximum absolute atomic E-state index is 3.97. The van der Waals surface area contributed by atoms with Gasteiger partial charge in [-0.1, -0.05) is 6.08 Å². The van der Waals surface area contributed by atoms with E-state index in [9.17, 15) is 0 Å². The van der Waals surface area contributed by atoms with Gasteiger partial charge in [0, 0.05) is 0 Å². The summed E-state index contributed by atoms with van der Waals surface area (Å²) in [6.45, 7) is 0. The molecule has 0 rings (SSSR count). The Kier molecular flexibility index (Phi) is 5.84. The first kappa shape index (κ1) is 6.44. The van der Waals surface area contributed by atoms with Crippen LogP contribution in [0.3, 0.4) is 0 Å². The molecular formula is C4H8S2. The van der Waals surface area contributed by atoms with Gasteiger partial charge >= 0.3 is 0 Å². The van der Waals surface area contributed by atoms with Gasteiger partial charge in [-0.2, -0.15) is 25.3 Å². The molecule has 0 atom stereocenters. The molecule has 0 aliphatic heterocycles. The molecule has 0 unspecified atom stereocenters. The van der Waals surface area contributed by atoms with E-state index in [1.165, 1.54) is 0 Å². The van der Waals surface area contributed by atoms with E-state index in [2.05, 4.69) is 25.3 Å². The summed E-state index contributed by atoms with van der Waals surface area (Å²) in [6, 6.07) is 0. The predicted octanol–water partition coefficient (Wildman–Crippen LogP) is 1.75. The maximum atomic E-state index is 3.97. The summed E-state index contributed by atoms with van der Waals surface area (Å²) in [7, 11) is 0. The van der Waals surface area contributed by atoms with E-state index in [1.54, 1.807) is 5.41 Å². The molecule has 0 fully saturated rings. The summed E-state index contributed by atoms with van der Waals surface area (Å²) in [4.78, 5) is 0. The highest BCUT2D eigenvalue weighted by Gasteiger charge is 1.65. The van der Waals surface area contributed by atoms with Gasteiger partial charge in [0.15, 0.2) is 0 Å². The number of rotatable bonds is 2. The van der Waals surface area contributed by atoms with Gasteiger partial charge in [-0.25, -0.2) is 0 Å². The van der Waals surface area contributed by atoms with Gasteiger partial charge in [-0.3, -0.25) is 0 Å². The molecule has 0 radical (unpaired) electrons. The zero-order valence-electron chi connectivity index (χ0n) is 3.46. The molecule has 6 heavy (non-hydrogen) atoms. The molecule has 0 N–H and O–H groups in total. The molecule has 0 spiro atoms. The van der Waals surface area contributed by atoms with Crippen LogP contribution in [-0.4, -0.2) is 5.75 Å². The first-order chi connectivity index (χ1) is 2.91. The fourth-order valence-corrected chi connectivity index (χ4v) is 0.447. The Hall–Kier alpha value is 0.440. The fourth-order valence-electron chi connectivity index (χ4n) is 0.149. The second-order valence-electron chi connectivity index (χ2n) is 0.897. The SMILES string of the molecule is S/C=C\CCS. The molecule has 0 aliphatic rings. The molecule has 0 bridgehead atoms. The number of thiol groups is 2. The van der Waals surface area contributed by atoms with E-state index in [1.807, 2.05) is 6.08 Å². The predicted molar refractivity (Wildman–Crippen MR) is 36.6 cm³/mol. The zero-order chi connectivity index (χ0) is 4.83. The molecule has 0 saturated carbocycles. The van der Waals surface area contributed by atoms with Crippen LogP contribution in [0.5, 0.6) is 0 Å². The van der Waals surface area contributed by atoms with Crippen molar-refractivity contribution in [3.63, 3.8) is 0 Å². The Morgan fingerprint density at radius 1 is 1.50 bits per heavy atom. The fraction of sp³-hybridized carbons (Fsp3) is 0.500. The van der Waals surface area contributed by atoms with Crippen molar-refractivity contribution in [2.45, 2.75) is 6.42 Å². The molecule has 0 aromatic rings. The monoisotopic (exact) mass is 120 g/mol. The van der Waals surface area contributed by atoms with Gasteiger partial charge in [0.05, 0.1) is 0 Å². The van der Waals surface area contributed by atoms with E-state index in [4.69, 9.17) is 0 Å². The van der Waals surface area contributed by atoms with E-state index in [0.29, 0.717) is 0 Å². The van der Waals surface area contributed by atoms with Crippen molar-refractivity contribution in [1.82, 2.24) is 0 Å². The average molecular weight is 120 g/mol. The molecule has 0 heterocycles. The Morgan fingerprint density at radius 3 is 2.33 bits per heavy atom. The summed E-state index contributed by atoms with van der Waals surface area (Å²) in [5.74, 6) is 0.914. The van der Waals surface area contributed by atoms with E-state index in [0.717, 1.165) is 12.2 Å². The van der Waals surface area contributed by atoms with E-state index >= 15 is 0 Å². The Bertz CT molecular complexity index is 40.8. The minimum absolute atomic E-state index is 0.914. The van der Waals surface area contributed by atoms with Crippen molar-refractivity contribution in [3.05, 3.63) is 11.5 Å². The van der Waals surface area contributed by atoms with Crippen LogP contribution >= 0.6 is 25.3 Å². The van der Waals surface area contributed by atoms with Crippen molar-refractivity contribution >= 4 is 25.3 Å². The lowest BCUT2D eigenvalue weighted by atomic mass is 10.5. The van der Waals surface area contributed by atoms with Crippen molar-refractivity contribution in [2.75, 3.05) is 5.75 Å². The lowest BCUT2D eigenvalue weighted by Gasteiger charge is -1.75. The third-order valence-electron chi connectivity index (χ3n) is 0.401. The third-order valence-corrected chi connectivity index (χ3v) is 0.870. The molecule has 0 saturated heterocycles. The first-order valence-electron chi connectivity index (χ1n) is 1.82. The first-order valence-corrected chi connectivity index (χ1v) is 2.96. The van der Waals surface area contributed by atoms with Crippen molar-refractivity contribution in [3.8, 4) is 0 Å². The minimum Gasteiger partial charge on any atom is -0.179 e. The van der Waals surface area contributed by atoms with Gasteiger partial charge in [0.25, 0.3) is 0 Å². The van der Waals surface area contributed by atoms with Crippen LogP contribution in [0, 0.1) is 0 Å². The van der Waals surface area contributed by atoms with Gasteiger partial charge in [0.1, 0.15) is 0 Å². The molecule has 0 nitrogen and oxygen atoms in total. The summed E-state index contributed by atoms with van der Waals surface area (Å²) >= 11 is 7.81. The molecular weight excluding hydrogens is 112 g/mol. The molecule has 0 aromatic carbocycles. The van der Waals surface area contributed by atoms with Crippen LogP contribution in [0.4, 0.5) is 0 Å². The quantitative estimate of drug-likeness (QED) is 0.510. The van der Waals surface area contributed by atoms with Crippen LogP contribution < -0.4 is 0 Å². The Morgan fingerprint density at radius 2 is 2.17 bits per heavy atom. The summed E-state index contributed by atoms with van der Waals surface area (Å²) in [5.41, 5.74) is 0. The van der Waals surface area contributed by atoms with Crippen LogP contribution in [-0.2, 0) is 0 Å². The molecule has 0 aromatic heterocycles. The molecule has 0 aliphatic carbocycles. The molecule has 36 valence electrons. The highest BCUT2D eigenvalue weighted by Crippen LogP contribution is 1.86. The molecule has 0 amide bonds. The Labute approximate surface area is 49.5 Å². The van der Waals surface area contributed by atoms with Crippen LogP contribution in [0.25, 0.3) is 0 Å². The Balaban J connectivity index is 2.66. The standard InChI is InChI=1S/C4H8S2/c5-3-1-2-4-6/h1,3,5-6H,2,4H2/b3-1-. The molecule has 2 heteroatoms. The van der Waals surface area contributed by atoms with Gasteiger partial charge in [-0.15, -0.1) is 0 Å². The lowest BCUT2D eigenvalue weighted by molar-refractivity contribution is 1.26. The normalized spacial score (nSPS) is 10.3. The summed E-state index contributed by atoms with van der Waals surface area (Å²) in [6.07, 6.45) is 2.99. The lowest BCUT2D eigenvalue weighted by Crippen LogP contribution is -1.61. The number of hydrogen-bond acceptors (Lipinski definition) is 2. The van der Waals surface area contributed by atoms with Gasteiger partial charge < -0.3 is 0 Å². The van der Waals surface area contributed by atoms with Crippen LogP contribution in [0.15, 0.2) is 11.5 Å². The van der Waals surface area contributed by atoms with Crippen molar-refractivity contribution in [1.29, 1.82) is 0 Å². The van der Waals surface area contributed by atoms with Gasteiger partial charge in [0.2, 0.25) is 0 Å². The average Bonchev–Trinajstić information content (AvgIpc) is 1.61. The van der Waals surface area contributed by atoms with Crippen molar-refractivity contribution < 1.29 is 0 Å². The second kappa shape index (κ2) is 5.44. The summed E-state index contributed by atoms with van der Waals surface area (Å²) in [5, 5.41) is 1.73.